The average molecular weight is 244 g/mol. The van der Waals surface area contributed by atoms with Gasteiger partial charge < -0.3 is 14.6 Å². The van der Waals surface area contributed by atoms with Crippen molar-refractivity contribution in [1.29, 1.82) is 0 Å². The van der Waals surface area contributed by atoms with Crippen LogP contribution in [-0.2, 0) is 0 Å². The van der Waals surface area contributed by atoms with Gasteiger partial charge in [0.25, 0.3) is 0 Å². The van der Waals surface area contributed by atoms with E-state index in [0.29, 0.717) is 0 Å². The maximum Gasteiger partial charge on any atom is 0.132 e. The van der Waals surface area contributed by atoms with Gasteiger partial charge in [-0.15, -0.1) is 0 Å². The molecule has 18 heavy (non-hydrogen) atoms. The van der Waals surface area contributed by atoms with Gasteiger partial charge in [-0.1, -0.05) is 0 Å². The fourth-order valence-corrected chi connectivity index (χ4v) is 2.17. The van der Waals surface area contributed by atoms with Crippen molar-refractivity contribution in [3.05, 3.63) is 30.5 Å². The Balaban J connectivity index is 1.95. The zero-order valence-electron chi connectivity index (χ0n) is 10.4. The van der Waals surface area contributed by atoms with Gasteiger partial charge in [0.15, 0.2) is 0 Å². The minimum atomic E-state index is 0.794. The number of furan rings is 1. The molecule has 5 heteroatoms. The Bertz CT molecular complexity index is 518. The van der Waals surface area contributed by atoms with Gasteiger partial charge in [0.05, 0.1) is 18.2 Å². The van der Waals surface area contributed by atoms with Gasteiger partial charge in [-0.25, -0.2) is 9.97 Å². The average Bonchev–Trinajstić information content (AvgIpc) is 2.93. The number of rotatable bonds is 2. The maximum atomic E-state index is 5.11. The lowest BCUT2D eigenvalue weighted by molar-refractivity contribution is 0.568. The molecule has 94 valence electrons. The van der Waals surface area contributed by atoms with E-state index in [1.807, 2.05) is 19.1 Å². The summed E-state index contributed by atoms with van der Waals surface area (Å²) >= 11 is 0. The fraction of sp³-hybridized carbons (Fsp3) is 0.385. The highest BCUT2D eigenvalue weighted by Gasteiger charge is 2.14. The molecule has 0 aliphatic carbocycles. The summed E-state index contributed by atoms with van der Waals surface area (Å²) in [5.74, 6) is 1.79. The number of nitrogens with one attached hydrogen (secondary N) is 1. The van der Waals surface area contributed by atoms with Crippen LogP contribution < -0.4 is 10.2 Å². The van der Waals surface area contributed by atoms with Crippen molar-refractivity contribution in [2.45, 2.75) is 6.92 Å². The molecule has 0 atom stereocenters. The maximum absolute atomic E-state index is 5.11. The molecule has 0 amide bonds. The van der Waals surface area contributed by atoms with Crippen molar-refractivity contribution in [2.75, 3.05) is 31.1 Å². The number of piperazine rings is 1. The Kier molecular flexibility index (Phi) is 2.98. The number of hydrogen-bond donors (Lipinski definition) is 1. The SMILES string of the molecule is Cc1nc(-c2ccoc2)cc(N2CCNCC2)n1. The summed E-state index contributed by atoms with van der Waals surface area (Å²) in [6.45, 7) is 5.91. The molecule has 0 spiro atoms. The monoisotopic (exact) mass is 244 g/mol. The molecule has 5 nitrogen and oxygen atoms in total. The molecule has 1 aliphatic rings. The number of nitrogens with zero attached hydrogens (tertiary/aromatic N) is 3. The molecule has 3 heterocycles. The van der Waals surface area contributed by atoms with Crippen LogP contribution in [0.25, 0.3) is 11.3 Å². The zero-order valence-corrected chi connectivity index (χ0v) is 10.4. The molecule has 3 rings (SSSR count). The Labute approximate surface area is 106 Å². The van der Waals surface area contributed by atoms with Gasteiger partial charge in [0, 0.05) is 37.8 Å². The van der Waals surface area contributed by atoms with Crippen LogP contribution in [0.2, 0.25) is 0 Å². The molecule has 2 aromatic heterocycles. The second kappa shape index (κ2) is 4.78. The second-order valence-corrected chi connectivity index (χ2v) is 4.41. The highest BCUT2D eigenvalue weighted by molar-refractivity contribution is 5.61. The van der Waals surface area contributed by atoms with E-state index < -0.39 is 0 Å². The standard InChI is InChI=1S/C13H16N4O/c1-10-15-12(11-2-7-18-9-11)8-13(16-10)17-5-3-14-4-6-17/h2,7-9,14H,3-6H2,1H3. The van der Waals surface area contributed by atoms with Gasteiger partial charge in [-0.05, 0) is 13.0 Å². The van der Waals surface area contributed by atoms with E-state index in [0.717, 1.165) is 49.1 Å². The summed E-state index contributed by atoms with van der Waals surface area (Å²) in [6.07, 6.45) is 3.38. The summed E-state index contributed by atoms with van der Waals surface area (Å²) in [7, 11) is 0. The van der Waals surface area contributed by atoms with E-state index in [9.17, 15) is 0 Å². The molecule has 0 bridgehead atoms. The zero-order chi connectivity index (χ0) is 12.4. The first-order valence-corrected chi connectivity index (χ1v) is 6.17. The van der Waals surface area contributed by atoms with E-state index in [4.69, 9.17) is 4.42 Å². The molecule has 1 aliphatic heterocycles. The summed E-state index contributed by atoms with van der Waals surface area (Å²) in [4.78, 5) is 11.3. The van der Waals surface area contributed by atoms with E-state index in [1.54, 1.807) is 12.5 Å². The molecular weight excluding hydrogens is 228 g/mol. The predicted octanol–water partition coefficient (Wildman–Crippen LogP) is 1.45. The summed E-state index contributed by atoms with van der Waals surface area (Å²) in [5.41, 5.74) is 1.92. The van der Waals surface area contributed by atoms with Crippen LogP contribution in [0, 0.1) is 6.92 Å². The van der Waals surface area contributed by atoms with E-state index >= 15 is 0 Å². The highest BCUT2D eigenvalue weighted by Crippen LogP contribution is 2.22. The third kappa shape index (κ3) is 2.22. The van der Waals surface area contributed by atoms with Crippen LogP contribution in [0.4, 0.5) is 5.82 Å². The van der Waals surface area contributed by atoms with Gasteiger partial charge in [0.1, 0.15) is 11.6 Å². The van der Waals surface area contributed by atoms with Gasteiger partial charge >= 0.3 is 0 Å². The molecule has 0 radical (unpaired) electrons. The lowest BCUT2D eigenvalue weighted by Gasteiger charge is -2.28. The Hall–Kier alpha value is -1.88. The molecule has 0 aromatic carbocycles. The number of aromatic nitrogens is 2. The lowest BCUT2D eigenvalue weighted by atomic mass is 10.2. The van der Waals surface area contributed by atoms with Gasteiger partial charge in [-0.2, -0.15) is 0 Å². The second-order valence-electron chi connectivity index (χ2n) is 4.41. The number of hydrogen-bond acceptors (Lipinski definition) is 5. The summed E-state index contributed by atoms with van der Waals surface area (Å²) < 4.78 is 5.11. The molecule has 1 N–H and O–H groups in total. The summed E-state index contributed by atoms with van der Waals surface area (Å²) in [5, 5.41) is 3.34. The van der Waals surface area contributed by atoms with Gasteiger partial charge in [0.2, 0.25) is 0 Å². The molecule has 0 saturated carbocycles. The van der Waals surface area contributed by atoms with E-state index in [1.165, 1.54) is 0 Å². The Morgan fingerprint density at radius 2 is 2.11 bits per heavy atom. The topological polar surface area (TPSA) is 54.2 Å². The van der Waals surface area contributed by atoms with Gasteiger partial charge in [-0.3, -0.25) is 0 Å². The first-order chi connectivity index (χ1) is 8.83. The van der Waals surface area contributed by atoms with Crippen LogP contribution in [0.5, 0.6) is 0 Å². The van der Waals surface area contributed by atoms with Crippen molar-refractivity contribution in [3.8, 4) is 11.3 Å². The molecule has 0 unspecified atom stereocenters. The largest absolute Gasteiger partial charge is 0.472 e. The lowest BCUT2D eigenvalue weighted by Crippen LogP contribution is -2.44. The third-order valence-corrected chi connectivity index (χ3v) is 3.08. The van der Waals surface area contributed by atoms with Crippen molar-refractivity contribution in [3.63, 3.8) is 0 Å². The predicted molar refractivity (Wildman–Crippen MR) is 69.6 cm³/mol. The first kappa shape index (κ1) is 11.2. The molecule has 1 saturated heterocycles. The number of anilines is 1. The molecular formula is C13H16N4O. The van der Waals surface area contributed by atoms with E-state index in [-0.39, 0.29) is 0 Å². The smallest absolute Gasteiger partial charge is 0.132 e. The first-order valence-electron chi connectivity index (χ1n) is 6.17. The van der Waals surface area contributed by atoms with Crippen LogP contribution in [0.3, 0.4) is 0 Å². The van der Waals surface area contributed by atoms with Crippen LogP contribution in [-0.4, -0.2) is 36.1 Å². The van der Waals surface area contributed by atoms with Crippen molar-refractivity contribution >= 4 is 5.82 Å². The minimum absolute atomic E-state index is 0.794. The van der Waals surface area contributed by atoms with Crippen molar-refractivity contribution < 1.29 is 4.42 Å². The minimum Gasteiger partial charge on any atom is -0.472 e. The van der Waals surface area contributed by atoms with E-state index in [2.05, 4.69) is 20.2 Å². The van der Waals surface area contributed by atoms with Crippen LogP contribution >= 0.6 is 0 Å². The molecule has 2 aromatic rings. The van der Waals surface area contributed by atoms with Crippen molar-refractivity contribution in [1.82, 2.24) is 15.3 Å². The highest BCUT2D eigenvalue weighted by atomic mass is 16.3. The number of aryl methyl sites for hydroxylation is 1. The van der Waals surface area contributed by atoms with Crippen LogP contribution in [0.1, 0.15) is 5.82 Å². The molecule has 1 fully saturated rings. The summed E-state index contributed by atoms with van der Waals surface area (Å²) in [6, 6.07) is 3.95. The quantitative estimate of drug-likeness (QED) is 0.866. The Morgan fingerprint density at radius 3 is 2.83 bits per heavy atom. The van der Waals surface area contributed by atoms with Crippen molar-refractivity contribution in [2.24, 2.45) is 0 Å². The third-order valence-electron chi connectivity index (χ3n) is 3.08. The van der Waals surface area contributed by atoms with Crippen LogP contribution in [0.15, 0.2) is 29.1 Å². The normalized spacial score (nSPS) is 15.9. The fourth-order valence-electron chi connectivity index (χ4n) is 2.17. The Morgan fingerprint density at radius 1 is 1.28 bits per heavy atom.